The van der Waals surface area contributed by atoms with E-state index in [9.17, 15) is 0 Å². The van der Waals surface area contributed by atoms with Gasteiger partial charge >= 0.3 is 0 Å². The van der Waals surface area contributed by atoms with Gasteiger partial charge in [0, 0.05) is 6.54 Å². The predicted molar refractivity (Wildman–Crippen MR) is 39.3 cm³/mol. The summed E-state index contributed by atoms with van der Waals surface area (Å²) < 4.78 is 5.33. The van der Waals surface area contributed by atoms with Crippen LogP contribution in [0.1, 0.15) is 0 Å². The topological polar surface area (TPSA) is 21.3 Å². The Kier molecular flexibility index (Phi) is 1.24. The Morgan fingerprint density at radius 1 is 1.60 bits per heavy atom. The third-order valence-corrected chi connectivity index (χ3v) is 1.50. The van der Waals surface area contributed by atoms with E-state index in [0.717, 1.165) is 24.6 Å². The van der Waals surface area contributed by atoms with Gasteiger partial charge in [-0.15, -0.1) is 0 Å². The summed E-state index contributed by atoms with van der Waals surface area (Å²) in [4.78, 5) is 0. The SMILES string of the molecule is [c]1ccc2c(c1)OCCN2. The highest BCUT2D eigenvalue weighted by atomic mass is 16.5. The van der Waals surface area contributed by atoms with Crippen LogP contribution >= 0.6 is 0 Å². The fraction of sp³-hybridized carbons (Fsp3) is 0.250. The first-order valence-electron chi connectivity index (χ1n) is 3.33. The highest BCUT2D eigenvalue weighted by Gasteiger charge is 2.05. The van der Waals surface area contributed by atoms with Gasteiger partial charge in [0.1, 0.15) is 12.4 Å². The van der Waals surface area contributed by atoms with E-state index in [0.29, 0.717) is 0 Å². The number of hydrogen-bond acceptors (Lipinski definition) is 2. The molecule has 0 saturated heterocycles. The molecule has 1 radical (unpaired) electrons. The number of ether oxygens (including phenoxy) is 1. The Bertz CT molecular complexity index is 209. The first-order chi connectivity index (χ1) is 4.97. The van der Waals surface area contributed by atoms with Gasteiger partial charge in [-0.25, -0.2) is 0 Å². The molecule has 51 valence electrons. The van der Waals surface area contributed by atoms with Crippen LogP contribution < -0.4 is 10.1 Å². The minimum atomic E-state index is 0.755. The molecule has 0 aliphatic carbocycles. The van der Waals surface area contributed by atoms with Gasteiger partial charge in [0.2, 0.25) is 0 Å². The molecule has 0 aromatic heterocycles. The van der Waals surface area contributed by atoms with Crippen LogP contribution in [-0.2, 0) is 0 Å². The van der Waals surface area contributed by atoms with E-state index < -0.39 is 0 Å². The quantitative estimate of drug-likeness (QED) is 0.577. The summed E-state index contributed by atoms with van der Waals surface area (Å²) in [6.45, 7) is 1.65. The van der Waals surface area contributed by atoms with Crippen LogP contribution in [0.4, 0.5) is 5.69 Å². The highest BCUT2D eigenvalue weighted by molar-refractivity contribution is 5.56. The molecule has 0 spiro atoms. The normalized spacial score (nSPS) is 14.8. The second-order valence-corrected chi connectivity index (χ2v) is 2.20. The van der Waals surface area contributed by atoms with Crippen molar-refractivity contribution in [3.8, 4) is 5.75 Å². The molecule has 1 aromatic rings. The molecular weight excluding hydrogens is 126 g/mol. The van der Waals surface area contributed by atoms with E-state index in [1.54, 1.807) is 0 Å². The van der Waals surface area contributed by atoms with Gasteiger partial charge < -0.3 is 10.1 Å². The first-order valence-corrected chi connectivity index (χ1v) is 3.33. The summed E-state index contributed by atoms with van der Waals surface area (Å²) in [7, 11) is 0. The van der Waals surface area contributed by atoms with Crippen LogP contribution in [0.2, 0.25) is 0 Å². The summed E-state index contributed by atoms with van der Waals surface area (Å²) in [6, 6.07) is 8.65. The third kappa shape index (κ3) is 0.817. The van der Waals surface area contributed by atoms with Gasteiger partial charge in [0.05, 0.1) is 5.69 Å². The van der Waals surface area contributed by atoms with Crippen molar-refractivity contribution in [3.63, 3.8) is 0 Å². The van der Waals surface area contributed by atoms with E-state index in [2.05, 4.69) is 11.4 Å². The number of anilines is 1. The fourth-order valence-corrected chi connectivity index (χ4v) is 1.03. The maximum atomic E-state index is 5.33. The maximum absolute atomic E-state index is 5.33. The van der Waals surface area contributed by atoms with Crippen molar-refractivity contribution in [2.75, 3.05) is 18.5 Å². The van der Waals surface area contributed by atoms with E-state index >= 15 is 0 Å². The summed E-state index contributed by atoms with van der Waals surface area (Å²) in [5.41, 5.74) is 1.07. The molecule has 1 aromatic carbocycles. The van der Waals surface area contributed by atoms with Gasteiger partial charge in [0.15, 0.2) is 0 Å². The van der Waals surface area contributed by atoms with E-state index in [1.165, 1.54) is 0 Å². The first kappa shape index (κ1) is 5.59. The Labute approximate surface area is 59.8 Å². The molecule has 1 aliphatic heterocycles. The average molecular weight is 134 g/mol. The zero-order valence-electron chi connectivity index (χ0n) is 5.55. The molecule has 0 saturated carbocycles. The van der Waals surface area contributed by atoms with Gasteiger partial charge in [-0.1, -0.05) is 6.07 Å². The van der Waals surface area contributed by atoms with Gasteiger partial charge in [-0.2, -0.15) is 0 Å². The molecule has 0 fully saturated rings. The lowest BCUT2D eigenvalue weighted by atomic mass is 10.3. The summed E-state index contributed by atoms with van der Waals surface area (Å²) in [6.07, 6.45) is 0. The Hall–Kier alpha value is -1.18. The molecule has 0 atom stereocenters. The van der Waals surface area contributed by atoms with Crippen molar-refractivity contribution in [1.82, 2.24) is 0 Å². The Balaban J connectivity index is 2.41. The van der Waals surface area contributed by atoms with Crippen LogP contribution in [0.25, 0.3) is 0 Å². The minimum absolute atomic E-state index is 0.755. The van der Waals surface area contributed by atoms with Crippen molar-refractivity contribution >= 4 is 5.69 Å². The van der Waals surface area contributed by atoms with Crippen LogP contribution in [0.3, 0.4) is 0 Å². The molecule has 0 unspecified atom stereocenters. The standard InChI is InChI=1S/C8H8NO/c1-2-4-8-7(3-1)9-5-6-10-8/h1,3-4,9H,5-6H2. The molecule has 1 aliphatic rings. The molecule has 1 N–H and O–H groups in total. The lowest BCUT2D eigenvalue weighted by Crippen LogP contribution is -2.17. The molecule has 0 amide bonds. The van der Waals surface area contributed by atoms with Crippen molar-refractivity contribution in [2.45, 2.75) is 0 Å². The lowest BCUT2D eigenvalue weighted by molar-refractivity contribution is 0.323. The Morgan fingerprint density at radius 3 is 3.50 bits per heavy atom. The maximum Gasteiger partial charge on any atom is 0.143 e. The van der Waals surface area contributed by atoms with E-state index in [-0.39, 0.29) is 0 Å². The smallest absolute Gasteiger partial charge is 0.143 e. The molecular formula is C8H8NO. The van der Waals surface area contributed by atoms with Crippen molar-refractivity contribution in [2.24, 2.45) is 0 Å². The molecule has 1 heterocycles. The van der Waals surface area contributed by atoms with Crippen molar-refractivity contribution in [1.29, 1.82) is 0 Å². The van der Waals surface area contributed by atoms with Crippen molar-refractivity contribution < 1.29 is 4.74 Å². The zero-order valence-corrected chi connectivity index (χ0v) is 5.55. The highest BCUT2D eigenvalue weighted by Crippen LogP contribution is 2.25. The Morgan fingerprint density at radius 2 is 2.60 bits per heavy atom. The summed E-state index contributed by atoms with van der Waals surface area (Å²) in [5.74, 6) is 0.911. The molecule has 2 heteroatoms. The van der Waals surface area contributed by atoms with Gasteiger partial charge in [-0.3, -0.25) is 0 Å². The van der Waals surface area contributed by atoms with E-state index in [1.807, 2.05) is 18.2 Å². The average Bonchev–Trinajstić information content (AvgIpc) is 2.05. The summed E-state index contributed by atoms with van der Waals surface area (Å²) >= 11 is 0. The number of rotatable bonds is 0. The molecule has 2 rings (SSSR count). The second kappa shape index (κ2) is 2.21. The van der Waals surface area contributed by atoms with Crippen LogP contribution in [0.15, 0.2) is 18.2 Å². The lowest BCUT2D eigenvalue weighted by Gasteiger charge is -2.17. The van der Waals surface area contributed by atoms with Crippen molar-refractivity contribution in [3.05, 3.63) is 24.3 Å². The van der Waals surface area contributed by atoms with Gasteiger partial charge in [0.25, 0.3) is 0 Å². The molecule has 10 heavy (non-hydrogen) atoms. The minimum Gasteiger partial charge on any atom is -0.490 e. The number of benzene rings is 1. The van der Waals surface area contributed by atoms with Gasteiger partial charge in [-0.05, 0) is 18.2 Å². The second-order valence-electron chi connectivity index (χ2n) is 2.20. The monoisotopic (exact) mass is 134 g/mol. The predicted octanol–water partition coefficient (Wildman–Crippen LogP) is 1.29. The van der Waals surface area contributed by atoms with E-state index in [4.69, 9.17) is 4.74 Å². The summed E-state index contributed by atoms with van der Waals surface area (Å²) in [5, 5.41) is 3.22. The zero-order chi connectivity index (χ0) is 6.81. The van der Waals surface area contributed by atoms with Crippen LogP contribution in [0, 0.1) is 6.07 Å². The number of hydrogen-bond donors (Lipinski definition) is 1. The fourth-order valence-electron chi connectivity index (χ4n) is 1.03. The van der Waals surface area contributed by atoms with Crippen LogP contribution in [0.5, 0.6) is 5.75 Å². The number of nitrogens with one attached hydrogen (secondary N) is 1. The third-order valence-electron chi connectivity index (χ3n) is 1.50. The largest absolute Gasteiger partial charge is 0.490 e. The molecule has 2 nitrogen and oxygen atoms in total. The van der Waals surface area contributed by atoms with Crippen LogP contribution in [-0.4, -0.2) is 13.2 Å². The number of fused-ring (bicyclic) bond motifs is 1. The molecule has 0 bridgehead atoms.